The van der Waals surface area contributed by atoms with Crippen molar-refractivity contribution in [1.29, 1.82) is 0 Å². The Morgan fingerprint density at radius 1 is 1.19 bits per heavy atom. The zero-order valence-electron chi connectivity index (χ0n) is 12.2. The van der Waals surface area contributed by atoms with Crippen LogP contribution in [0.3, 0.4) is 0 Å². The molecule has 110 valence electrons. The van der Waals surface area contributed by atoms with Gasteiger partial charge in [-0.1, -0.05) is 24.3 Å². The number of hydrogen-bond acceptors (Lipinski definition) is 2. The molecule has 0 fully saturated rings. The van der Waals surface area contributed by atoms with E-state index in [1.54, 1.807) is 0 Å². The third kappa shape index (κ3) is 4.60. The molecular weight excluding hydrogens is 330 g/mol. The monoisotopic (exact) mass is 347 g/mol. The van der Waals surface area contributed by atoms with E-state index in [9.17, 15) is 4.79 Å². The summed E-state index contributed by atoms with van der Waals surface area (Å²) >= 11 is 3.49. The Balaban J connectivity index is 1.88. The first-order valence-corrected chi connectivity index (χ1v) is 7.60. The first kappa shape index (κ1) is 15.6. The van der Waals surface area contributed by atoms with Crippen LogP contribution in [-0.2, 0) is 4.79 Å². The third-order valence-electron chi connectivity index (χ3n) is 3.04. The second-order valence-electron chi connectivity index (χ2n) is 4.90. The Hall–Kier alpha value is -1.81. The number of anilines is 1. The number of carbonyl (C=O) groups is 1. The molecular formula is C17H18BrNO2. The van der Waals surface area contributed by atoms with Crippen LogP contribution in [0.2, 0.25) is 0 Å². The normalized spacial score (nSPS) is 10.2. The van der Waals surface area contributed by atoms with Gasteiger partial charge in [-0.25, -0.2) is 0 Å². The van der Waals surface area contributed by atoms with Crippen molar-refractivity contribution in [1.82, 2.24) is 0 Å². The van der Waals surface area contributed by atoms with E-state index in [1.165, 1.54) is 0 Å². The first-order valence-electron chi connectivity index (χ1n) is 6.80. The fraction of sp³-hybridized carbons (Fsp3) is 0.235. The highest BCUT2D eigenvalue weighted by Crippen LogP contribution is 2.27. The minimum Gasteiger partial charge on any atom is -0.493 e. The topological polar surface area (TPSA) is 38.3 Å². The van der Waals surface area contributed by atoms with Crippen LogP contribution in [0.15, 0.2) is 46.9 Å². The Morgan fingerprint density at radius 2 is 1.90 bits per heavy atom. The summed E-state index contributed by atoms with van der Waals surface area (Å²) in [4.78, 5) is 12.0. The smallest absolute Gasteiger partial charge is 0.227 e. The molecule has 3 nitrogen and oxygen atoms in total. The standard InChI is InChI=1S/C17H18BrNO2/c1-12-10-13(2)17(15(18)11-12)19-16(20)8-9-21-14-6-4-3-5-7-14/h3-7,10-11H,8-9H2,1-2H3,(H,19,20). The molecule has 1 N–H and O–H groups in total. The summed E-state index contributed by atoms with van der Waals surface area (Å²) in [6.45, 7) is 4.36. The van der Waals surface area contributed by atoms with E-state index in [1.807, 2.05) is 56.3 Å². The van der Waals surface area contributed by atoms with Gasteiger partial charge in [0, 0.05) is 4.47 Å². The van der Waals surface area contributed by atoms with E-state index in [-0.39, 0.29) is 5.91 Å². The van der Waals surface area contributed by atoms with Crippen LogP contribution in [0.1, 0.15) is 17.5 Å². The molecule has 0 aromatic heterocycles. The molecule has 0 bridgehead atoms. The Bertz CT molecular complexity index is 603. The lowest BCUT2D eigenvalue weighted by molar-refractivity contribution is -0.116. The SMILES string of the molecule is Cc1cc(C)c(NC(=O)CCOc2ccccc2)c(Br)c1. The fourth-order valence-electron chi connectivity index (χ4n) is 2.05. The molecule has 0 spiro atoms. The van der Waals surface area contributed by atoms with Gasteiger partial charge in [0.05, 0.1) is 18.7 Å². The molecule has 0 aliphatic heterocycles. The van der Waals surface area contributed by atoms with E-state index in [4.69, 9.17) is 4.74 Å². The van der Waals surface area contributed by atoms with Crippen LogP contribution in [0.4, 0.5) is 5.69 Å². The summed E-state index contributed by atoms with van der Waals surface area (Å²) in [6, 6.07) is 13.5. The lowest BCUT2D eigenvalue weighted by atomic mass is 10.1. The fourth-order valence-corrected chi connectivity index (χ4v) is 2.83. The number of halogens is 1. The van der Waals surface area contributed by atoms with Crippen molar-refractivity contribution in [2.45, 2.75) is 20.3 Å². The zero-order chi connectivity index (χ0) is 15.2. The molecule has 0 atom stereocenters. The van der Waals surface area contributed by atoms with Crippen molar-refractivity contribution in [2.75, 3.05) is 11.9 Å². The van der Waals surface area contributed by atoms with E-state index in [0.717, 1.165) is 27.0 Å². The molecule has 0 aliphatic carbocycles. The van der Waals surface area contributed by atoms with Gasteiger partial charge in [0.1, 0.15) is 5.75 Å². The van der Waals surface area contributed by atoms with Crippen molar-refractivity contribution in [3.63, 3.8) is 0 Å². The zero-order valence-corrected chi connectivity index (χ0v) is 13.7. The maximum absolute atomic E-state index is 12.0. The highest BCUT2D eigenvalue weighted by atomic mass is 79.9. The van der Waals surface area contributed by atoms with Crippen molar-refractivity contribution in [3.8, 4) is 5.75 Å². The molecule has 2 aromatic carbocycles. The van der Waals surface area contributed by atoms with Crippen LogP contribution < -0.4 is 10.1 Å². The Morgan fingerprint density at radius 3 is 2.57 bits per heavy atom. The molecule has 0 saturated carbocycles. The summed E-state index contributed by atoms with van der Waals surface area (Å²) in [5, 5.41) is 2.93. The number of ether oxygens (including phenoxy) is 1. The molecule has 2 aromatic rings. The predicted octanol–water partition coefficient (Wildman–Crippen LogP) is 4.47. The number of carbonyl (C=O) groups excluding carboxylic acids is 1. The minimum atomic E-state index is -0.0569. The van der Waals surface area contributed by atoms with E-state index in [2.05, 4.69) is 21.2 Å². The van der Waals surface area contributed by atoms with Gasteiger partial charge in [-0.15, -0.1) is 0 Å². The van der Waals surface area contributed by atoms with Gasteiger partial charge < -0.3 is 10.1 Å². The van der Waals surface area contributed by atoms with Gasteiger partial charge in [-0.2, -0.15) is 0 Å². The second kappa shape index (κ2) is 7.27. The minimum absolute atomic E-state index is 0.0569. The highest BCUT2D eigenvalue weighted by molar-refractivity contribution is 9.10. The molecule has 0 saturated heterocycles. The van der Waals surface area contributed by atoms with Crippen LogP contribution in [0.25, 0.3) is 0 Å². The Labute approximate surface area is 133 Å². The van der Waals surface area contributed by atoms with Gasteiger partial charge in [0.15, 0.2) is 0 Å². The van der Waals surface area contributed by atoms with Crippen LogP contribution in [-0.4, -0.2) is 12.5 Å². The number of aryl methyl sites for hydroxylation is 2. The molecule has 21 heavy (non-hydrogen) atoms. The van der Waals surface area contributed by atoms with Crippen molar-refractivity contribution < 1.29 is 9.53 Å². The molecule has 0 radical (unpaired) electrons. The summed E-state index contributed by atoms with van der Waals surface area (Å²) in [5.74, 6) is 0.719. The maximum atomic E-state index is 12.0. The molecule has 0 aliphatic rings. The first-order chi connectivity index (χ1) is 10.1. The maximum Gasteiger partial charge on any atom is 0.227 e. The van der Waals surface area contributed by atoms with E-state index in [0.29, 0.717) is 13.0 Å². The van der Waals surface area contributed by atoms with E-state index >= 15 is 0 Å². The van der Waals surface area contributed by atoms with Crippen molar-refractivity contribution >= 4 is 27.5 Å². The van der Waals surface area contributed by atoms with Crippen LogP contribution in [0, 0.1) is 13.8 Å². The lowest BCUT2D eigenvalue weighted by Gasteiger charge is -2.12. The van der Waals surface area contributed by atoms with Crippen molar-refractivity contribution in [3.05, 3.63) is 58.1 Å². The average molecular weight is 348 g/mol. The number of amides is 1. The van der Waals surface area contributed by atoms with Gasteiger partial charge in [-0.05, 0) is 59.1 Å². The van der Waals surface area contributed by atoms with Gasteiger partial charge in [0.25, 0.3) is 0 Å². The molecule has 2 rings (SSSR count). The van der Waals surface area contributed by atoms with Gasteiger partial charge in [0.2, 0.25) is 5.91 Å². The highest BCUT2D eigenvalue weighted by Gasteiger charge is 2.09. The molecule has 1 amide bonds. The Kier molecular flexibility index (Phi) is 5.39. The number of rotatable bonds is 5. The molecule has 0 unspecified atom stereocenters. The number of nitrogens with one attached hydrogen (secondary N) is 1. The van der Waals surface area contributed by atoms with Crippen molar-refractivity contribution in [2.24, 2.45) is 0 Å². The quantitative estimate of drug-likeness (QED) is 0.866. The summed E-state index contributed by atoms with van der Waals surface area (Å²) in [6.07, 6.45) is 0.314. The molecule has 4 heteroatoms. The largest absolute Gasteiger partial charge is 0.493 e. The van der Waals surface area contributed by atoms with Gasteiger partial charge in [-0.3, -0.25) is 4.79 Å². The number of hydrogen-bond donors (Lipinski definition) is 1. The summed E-state index contributed by atoms with van der Waals surface area (Å²) in [7, 11) is 0. The number of benzene rings is 2. The average Bonchev–Trinajstić information content (AvgIpc) is 2.44. The van der Waals surface area contributed by atoms with Gasteiger partial charge >= 0.3 is 0 Å². The summed E-state index contributed by atoms with van der Waals surface area (Å²) in [5.41, 5.74) is 3.02. The van der Waals surface area contributed by atoms with E-state index < -0.39 is 0 Å². The van der Waals surface area contributed by atoms with Crippen LogP contribution in [0.5, 0.6) is 5.75 Å². The molecule has 0 heterocycles. The third-order valence-corrected chi connectivity index (χ3v) is 3.66. The predicted molar refractivity (Wildman–Crippen MR) is 88.8 cm³/mol. The summed E-state index contributed by atoms with van der Waals surface area (Å²) < 4.78 is 6.42. The van der Waals surface area contributed by atoms with Crippen LogP contribution >= 0.6 is 15.9 Å². The lowest BCUT2D eigenvalue weighted by Crippen LogP contribution is -2.16. The number of para-hydroxylation sites is 1. The second-order valence-corrected chi connectivity index (χ2v) is 5.75.